The number of rotatable bonds is 2. The number of hydrogen-bond acceptors (Lipinski definition) is 5. The fourth-order valence-electron chi connectivity index (χ4n) is 1.02. The maximum Gasteiger partial charge on any atom is 0.303 e. The van der Waals surface area contributed by atoms with Crippen molar-refractivity contribution < 1.29 is 19.2 Å². The van der Waals surface area contributed by atoms with Crippen LogP contribution in [0.5, 0.6) is 0 Å². The van der Waals surface area contributed by atoms with Crippen molar-refractivity contribution in [2.75, 3.05) is 13.2 Å². The van der Waals surface area contributed by atoms with Gasteiger partial charge in [-0.25, -0.2) is 0 Å². The Morgan fingerprint density at radius 3 is 3.08 bits per heavy atom. The second kappa shape index (κ2) is 3.99. The second-order valence-electron chi connectivity index (χ2n) is 2.52. The zero-order valence-electron chi connectivity index (χ0n) is 7.06. The molecule has 1 atom stereocenters. The third-order valence-corrected chi connectivity index (χ3v) is 1.53. The molecule has 1 rings (SSSR count). The lowest BCUT2D eigenvalue weighted by Gasteiger charge is -2.17. The molecule has 0 N–H and O–H groups in total. The van der Waals surface area contributed by atoms with Crippen LogP contribution >= 0.6 is 0 Å². The number of nitro groups is 1. The van der Waals surface area contributed by atoms with Gasteiger partial charge in [-0.15, -0.1) is 0 Å². The van der Waals surface area contributed by atoms with Gasteiger partial charge in [0.05, 0.1) is 18.1 Å². The van der Waals surface area contributed by atoms with Crippen LogP contribution in [0.2, 0.25) is 0 Å². The van der Waals surface area contributed by atoms with Gasteiger partial charge in [-0.1, -0.05) is 0 Å². The van der Waals surface area contributed by atoms with Gasteiger partial charge in [-0.05, 0) is 0 Å². The molecule has 1 aliphatic rings. The number of ether oxygens (including phenoxy) is 2. The highest BCUT2D eigenvalue weighted by Gasteiger charge is 2.30. The van der Waals surface area contributed by atoms with Crippen LogP contribution in [-0.4, -0.2) is 30.2 Å². The van der Waals surface area contributed by atoms with E-state index >= 15 is 0 Å². The van der Waals surface area contributed by atoms with Gasteiger partial charge < -0.3 is 9.47 Å². The second-order valence-corrected chi connectivity index (χ2v) is 2.52. The zero-order valence-corrected chi connectivity index (χ0v) is 7.06. The molecular weight excluding hydrogens is 178 g/mol. The molecule has 0 aromatic rings. The van der Waals surface area contributed by atoms with Crippen molar-refractivity contribution in [1.82, 2.24) is 0 Å². The fraction of sp³-hybridized carbons (Fsp3) is 0.571. The van der Waals surface area contributed by atoms with E-state index in [0.29, 0.717) is 0 Å². The molecule has 0 saturated heterocycles. The maximum absolute atomic E-state index is 10.6. The molecule has 6 nitrogen and oxygen atoms in total. The van der Waals surface area contributed by atoms with Gasteiger partial charge in [0.15, 0.2) is 0 Å². The largest absolute Gasteiger partial charge is 0.448 e. The molecule has 0 aromatic carbocycles. The third-order valence-electron chi connectivity index (χ3n) is 1.53. The number of esters is 1. The normalized spacial score (nSPS) is 21.9. The Morgan fingerprint density at radius 1 is 1.85 bits per heavy atom. The van der Waals surface area contributed by atoms with E-state index in [2.05, 4.69) is 0 Å². The van der Waals surface area contributed by atoms with Crippen LogP contribution in [0, 0.1) is 10.1 Å². The van der Waals surface area contributed by atoms with E-state index < -0.39 is 17.0 Å². The molecule has 0 aliphatic carbocycles. The summed E-state index contributed by atoms with van der Waals surface area (Å²) in [6.07, 6.45) is 0.429. The molecular formula is C7H9NO5. The Balaban J connectivity index is 2.70. The first-order valence-corrected chi connectivity index (χ1v) is 3.70. The first-order chi connectivity index (χ1) is 6.11. The van der Waals surface area contributed by atoms with Crippen LogP contribution < -0.4 is 0 Å². The molecule has 0 amide bonds. The van der Waals surface area contributed by atoms with Crippen LogP contribution in [0.3, 0.4) is 0 Å². The molecule has 13 heavy (non-hydrogen) atoms. The van der Waals surface area contributed by atoms with Gasteiger partial charge in [-0.2, -0.15) is 0 Å². The summed E-state index contributed by atoms with van der Waals surface area (Å²) >= 11 is 0. The molecule has 0 bridgehead atoms. The van der Waals surface area contributed by atoms with E-state index in [1.54, 1.807) is 0 Å². The average molecular weight is 187 g/mol. The maximum atomic E-state index is 10.6. The highest BCUT2D eigenvalue weighted by atomic mass is 16.6. The predicted octanol–water partition coefficient (Wildman–Crippen LogP) is 0.109. The molecule has 0 fully saturated rings. The van der Waals surface area contributed by atoms with E-state index in [0.717, 1.165) is 0 Å². The van der Waals surface area contributed by atoms with Gasteiger partial charge in [-0.3, -0.25) is 14.9 Å². The number of hydrogen-bond donors (Lipinski definition) is 0. The lowest BCUT2D eigenvalue weighted by atomic mass is 10.2. The molecule has 6 heteroatoms. The minimum absolute atomic E-state index is 0.0480. The summed E-state index contributed by atoms with van der Waals surface area (Å²) in [5.41, 5.74) is -0.110. The summed E-state index contributed by atoms with van der Waals surface area (Å²) in [6, 6.07) is 0. The van der Waals surface area contributed by atoms with E-state index in [-0.39, 0.29) is 18.9 Å². The van der Waals surface area contributed by atoms with Crippen molar-refractivity contribution in [1.29, 1.82) is 0 Å². The topological polar surface area (TPSA) is 78.7 Å². The summed E-state index contributed by atoms with van der Waals surface area (Å²) in [5.74, 6) is -0.553. The summed E-state index contributed by atoms with van der Waals surface area (Å²) in [5, 5.41) is 10.4. The molecule has 1 unspecified atom stereocenters. The zero-order chi connectivity index (χ0) is 9.84. The molecule has 0 aromatic heterocycles. The molecule has 72 valence electrons. The molecule has 0 saturated carbocycles. The minimum Gasteiger partial charge on any atom is -0.448 e. The third kappa shape index (κ3) is 2.51. The summed E-state index contributed by atoms with van der Waals surface area (Å²) in [7, 11) is 0. The molecule has 1 heterocycles. The van der Waals surface area contributed by atoms with Crippen molar-refractivity contribution >= 4 is 5.97 Å². The molecule has 0 radical (unpaired) electrons. The van der Waals surface area contributed by atoms with Gasteiger partial charge in [0.1, 0.15) is 0 Å². The molecule has 1 aliphatic heterocycles. The standard InChI is InChI=1S/C7H9NO5/c1-5(9)13-7-4-12-3-2-6(7)8(10)11/h2,7H,3-4H2,1H3. The van der Waals surface area contributed by atoms with Crippen LogP contribution in [0.4, 0.5) is 0 Å². The first-order valence-electron chi connectivity index (χ1n) is 3.70. The van der Waals surface area contributed by atoms with Crippen molar-refractivity contribution in [3.8, 4) is 0 Å². The Labute approximate surface area is 74.3 Å². The van der Waals surface area contributed by atoms with Crippen LogP contribution in [0.1, 0.15) is 6.92 Å². The summed E-state index contributed by atoms with van der Waals surface area (Å²) in [6.45, 7) is 1.44. The van der Waals surface area contributed by atoms with E-state index in [1.807, 2.05) is 0 Å². The number of carbonyl (C=O) groups excluding carboxylic acids is 1. The number of carbonyl (C=O) groups is 1. The summed E-state index contributed by atoms with van der Waals surface area (Å²) in [4.78, 5) is 20.4. The van der Waals surface area contributed by atoms with Gasteiger partial charge in [0, 0.05) is 13.0 Å². The van der Waals surface area contributed by atoms with Gasteiger partial charge in [0.25, 0.3) is 5.70 Å². The molecule has 0 spiro atoms. The van der Waals surface area contributed by atoms with Gasteiger partial charge in [0.2, 0.25) is 6.10 Å². The Morgan fingerprint density at radius 2 is 2.54 bits per heavy atom. The lowest BCUT2D eigenvalue weighted by Crippen LogP contribution is -2.31. The SMILES string of the molecule is CC(=O)OC1COCC=C1[N+](=O)[O-]. The van der Waals surface area contributed by atoms with E-state index in [9.17, 15) is 14.9 Å². The van der Waals surface area contributed by atoms with Crippen LogP contribution in [0.25, 0.3) is 0 Å². The Kier molecular flexibility index (Phi) is 2.97. The van der Waals surface area contributed by atoms with E-state index in [1.165, 1.54) is 13.0 Å². The van der Waals surface area contributed by atoms with Crippen LogP contribution in [0.15, 0.2) is 11.8 Å². The first kappa shape index (κ1) is 9.66. The summed E-state index contributed by atoms with van der Waals surface area (Å²) < 4.78 is 9.60. The van der Waals surface area contributed by atoms with Crippen LogP contribution in [-0.2, 0) is 14.3 Å². The van der Waals surface area contributed by atoms with Crippen molar-refractivity contribution in [3.63, 3.8) is 0 Å². The Bertz CT molecular complexity index is 260. The van der Waals surface area contributed by atoms with Crippen molar-refractivity contribution in [3.05, 3.63) is 21.9 Å². The quantitative estimate of drug-likeness (QED) is 0.348. The highest BCUT2D eigenvalue weighted by Crippen LogP contribution is 2.13. The van der Waals surface area contributed by atoms with Gasteiger partial charge >= 0.3 is 5.97 Å². The van der Waals surface area contributed by atoms with E-state index in [4.69, 9.17) is 9.47 Å². The lowest BCUT2D eigenvalue weighted by molar-refractivity contribution is -0.438. The van der Waals surface area contributed by atoms with Crippen molar-refractivity contribution in [2.24, 2.45) is 0 Å². The minimum atomic E-state index is -0.874. The average Bonchev–Trinajstić information content (AvgIpc) is 2.03. The predicted molar refractivity (Wildman–Crippen MR) is 41.5 cm³/mol. The number of nitrogens with zero attached hydrogens (tertiary/aromatic N) is 1. The fourth-order valence-corrected chi connectivity index (χ4v) is 1.02. The monoisotopic (exact) mass is 187 g/mol. The highest BCUT2D eigenvalue weighted by molar-refractivity contribution is 5.66. The van der Waals surface area contributed by atoms with Crippen molar-refractivity contribution in [2.45, 2.75) is 13.0 Å². The Hall–Kier alpha value is -1.43. The smallest absolute Gasteiger partial charge is 0.303 e.